The van der Waals surface area contributed by atoms with Crippen LogP contribution >= 0.6 is 0 Å². The molecule has 1 aliphatic heterocycles. The average Bonchev–Trinajstić information content (AvgIpc) is 3.37. The normalized spacial score (nSPS) is 19.8. The zero-order valence-corrected chi connectivity index (χ0v) is 18.7. The summed E-state index contributed by atoms with van der Waals surface area (Å²) in [4.78, 5) is 11.6. The third kappa shape index (κ3) is 3.83. The molecule has 0 bridgehead atoms. The lowest BCUT2D eigenvalue weighted by molar-refractivity contribution is -0.185. The fraction of sp³-hybridized carbons (Fsp3) is 0.480. The minimum absolute atomic E-state index is 0.00381. The summed E-state index contributed by atoms with van der Waals surface area (Å²) in [6.07, 6.45) is 1.05. The van der Waals surface area contributed by atoms with Crippen LogP contribution in [-0.4, -0.2) is 32.4 Å². The highest BCUT2D eigenvalue weighted by atomic mass is 19.3. The maximum Gasteiger partial charge on any atom is 0.306 e. The topological polar surface area (TPSA) is 54.0 Å². The van der Waals surface area contributed by atoms with Gasteiger partial charge in [0.2, 0.25) is 0 Å². The van der Waals surface area contributed by atoms with Crippen LogP contribution in [0.4, 0.5) is 8.78 Å². The molecular formula is C25H28F2O5. The Bertz CT molecular complexity index is 1020. The second kappa shape index (κ2) is 8.35. The van der Waals surface area contributed by atoms with Crippen LogP contribution in [0, 0.1) is 0 Å². The maximum absolute atomic E-state index is 15.2. The molecule has 0 fully saturated rings. The maximum atomic E-state index is 15.2. The van der Waals surface area contributed by atoms with Crippen LogP contribution in [0.15, 0.2) is 36.4 Å². The summed E-state index contributed by atoms with van der Waals surface area (Å²) in [5, 5.41) is 0. The number of ether oxygens (including phenoxy) is 4. The molecule has 0 saturated carbocycles. The Morgan fingerprint density at radius 2 is 1.94 bits per heavy atom. The van der Waals surface area contributed by atoms with Gasteiger partial charge in [-0.3, -0.25) is 4.79 Å². The van der Waals surface area contributed by atoms with Crippen molar-refractivity contribution >= 4 is 5.97 Å². The molecule has 2 aromatic carbocycles. The minimum Gasteiger partial charge on any atom is -0.492 e. The number of carbonyl (C=O) groups is 1. The van der Waals surface area contributed by atoms with Gasteiger partial charge in [0.15, 0.2) is 0 Å². The van der Waals surface area contributed by atoms with Gasteiger partial charge in [0.1, 0.15) is 23.2 Å². The molecule has 7 heteroatoms. The Morgan fingerprint density at radius 1 is 1.16 bits per heavy atom. The summed E-state index contributed by atoms with van der Waals surface area (Å²) >= 11 is 0. The summed E-state index contributed by atoms with van der Waals surface area (Å²) in [6, 6.07) is 10.5. The fourth-order valence-corrected chi connectivity index (χ4v) is 4.43. The summed E-state index contributed by atoms with van der Waals surface area (Å²) in [5.74, 6) is -2.18. The van der Waals surface area contributed by atoms with E-state index in [0.29, 0.717) is 36.5 Å². The number of alkyl halides is 2. The predicted octanol–water partition coefficient (Wildman–Crippen LogP) is 5.31. The van der Waals surface area contributed by atoms with E-state index in [2.05, 4.69) is 0 Å². The highest BCUT2D eigenvalue weighted by Gasteiger charge is 2.50. The molecule has 2 aliphatic rings. The van der Waals surface area contributed by atoms with E-state index in [0.717, 1.165) is 11.1 Å². The van der Waals surface area contributed by atoms with Crippen LogP contribution in [0.25, 0.3) is 0 Å². The van der Waals surface area contributed by atoms with Crippen molar-refractivity contribution in [3.05, 3.63) is 58.7 Å². The highest BCUT2D eigenvalue weighted by molar-refractivity contribution is 5.71. The Labute approximate surface area is 186 Å². The molecular weight excluding hydrogens is 418 g/mol. The number of hydrogen-bond acceptors (Lipinski definition) is 5. The lowest BCUT2D eigenvalue weighted by Gasteiger charge is -2.34. The average molecular weight is 446 g/mol. The summed E-state index contributed by atoms with van der Waals surface area (Å²) in [6.45, 7) is 3.20. The van der Waals surface area contributed by atoms with E-state index in [1.807, 2.05) is 18.2 Å². The molecule has 0 saturated heterocycles. The minimum atomic E-state index is -3.14. The molecule has 0 N–H and O–H groups in total. The molecule has 2 atom stereocenters. The first-order valence-corrected chi connectivity index (χ1v) is 10.7. The van der Waals surface area contributed by atoms with E-state index in [1.54, 1.807) is 12.1 Å². The number of esters is 1. The Kier molecular flexibility index (Phi) is 5.88. The van der Waals surface area contributed by atoms with Gasteiger partial charge in [-0.15, -0.1) is 0 Å². The molecule has 0 radical (unpaired) electrons. The predicted molar refractivity (Wildman–Crippen MR) is 114 cm³/mol. The highest BCUT2D eigenvalue weighted by Crippen LogP contribution is 2.47. The van der Waals surface area contributed by atoms with Gasteiger partial charge in [0.05, 0.1) is 20.1 Å². The van der Waals surface area contributed by atoms with Gasteiger partial charge < -0.3 is 18.9 Å². The standard InChI is InChI=1S/C25H28F2O5/c1-24(2,30-4)25(26,27)20-7-5-6-19-18(20)10-11-21(19)32-16-8-9-17-15(12-23(28)29-3)14-31-22(17)13-16/h5-9,13,15,21H,10-12,14H2,1-4H3/t15?,21-/m1/s1. The third-order valence-electron chi connectivity index (χ3n) is 6.60. The van der Waals surface area contributed by atoms with Crippen LogP contribution in [0.5, 0.6) is 11.5 Å². The second-order valence-electron chi connectivity index (χ2n) is 8.80. The molecule has 172 valence electrons. The fourth-order valence-electron chi connectivity index (χ4n) is 4.43. The van der Waals surface area contributed by atoms with Crippen LogP contribution < -0.4 is 9.47 Å². The lowest BCUT2D eigenvalue weighted by Crippen LogP contribution is -2.42. The molecule has 2 aromatic rings. The molecule has 0 spiro atoms. The summed E-state index contributed by atoms with van der Waals surface area (Å²) in [7, 11) is 2.67. The monoisotopic (exact) mass is 446 g/mol. The first-order valence-electron chi connectivity index (χ1n) is 10.7. The van der Waals surface area contributed by atoms with Gasteiger partial charge in [-0.1, -0.05) is 24.3 Å². The Balaban J connectivity index is 1.55. The van der Waals surface area contributed by atoms with E-state index >= 15 is 8.78 Å². The number of methoxy groups -OCH3 is 2. The van der Waals surface area contributed by atoms with Crippen molar-refractivity contribution < 1.29 is 32.5 Å². The number of fused-ring (bicyclic) bond motifs is 2. The van der Waals surface area contributed by atoms with E-state index in [4.69, 9.17) is 18.9 Å². The molecule has 1 unspecified atom stereocenters. The molecule has 0 amide bonds. The smallest absolute Gasteiger partial charge is 0.306 e. The molecule has 5 nitrogen and oxygen atoms in total. The molecule has 1 aliphatic carbocycles. The van der Waals surface area contributed by atoms with Gasteiger partial charge in [0, 0.05) is 30.2 Å². The Morgan fingerprint density at radius 3 is 2.66 bits per heavy atom. The Hall–Kier alpha value is -2.67. The molecule has 4 rings (SSSR count). The zero-order chi connectivity index (χ0) is 23.1. The summed E-state index contributed by atoms with van der Waals surface area (Å²) < 4.78 is 52.3. The van der Waals surface area contributed by atoms with Gasteiger partial charge in [0.25, 0.3) is 0 Å². The molecule has 0 aromatic heterocycles. The van der Waals surface area contributed by atoms with Gasteiger partial charge >= 0.3 is 11.9 Å². The van der Waals surface area contributed by atoms with E-state index < -0.39 is 11.5 Å². The quantitative estimate of drug-likeness (QED) is 0.540. The first kappa shape index (κ1) is 22.5. The van der Waals surface area contributed by atoms with Crippen LogP contribution in [0.1, 0.15) is 61.0 Å². The van der Waals surface area contributed by atoms with Crippen molar-refractivity contribution in [3.63, 3.8) is 0 Å². The van der Waals surface area contributed by atoms with Gasteiger partial charge in [-0.2, -0.15) is 8.78 Å². The molecule has 32 heavy (non-hydrogen) atoms. The number of hydrogen-bond donors (Lipinski definition) is 0. The first-order chi connectivity index (χ1) is 15.2. The number of rotatable bonds is 7. The van der Waals surface area contributed by atoms with Crippen molar-refractivity contribution in [3.8, 4) is 11.5 Å². The van der Waals surface area contributed by atoms with E-state index in [-0.39, 0.29) is 30.0 Å². The lowest BCUT2D eigenvalue weighted by atomic mass is 9.88. The van der Waals surface area contributed by atoms with Gasteiger partial charge in [-0.05, 0) is 43.9 Å². The number of carbonyl (C=O) groups excluding carboxylic acids is 1. The van der Waals surface area contributed by atoms with E-state index in [9.17, 15) is 4.79 Å². The van der Waals surface area contributed by atoms with Crippen LogP contribution in [0.2, 0.25) is 0 Å². The van der Waals surface area contributed by atoms with Crippen molar-refractivity contribution in [1.82, 2.24) is 0 Å². The number of halogens is 2. The van der Waals surface area contributed by atoms with Crippen LogP contribution in [0.3, 0.4) is 0 Å². The largest absolute Gasteiger partial charge is 0.492 e. The van der Waals surface area contributed by atoms with E-state index in [1.165, 1.54) is 34.1 Å². The second-order valence-corrected chi connectivity index (χ2v) is 8.80. The summed E-state index contributed by atoms with van der Waals surface area (Å²) in [5.41, 5.74) is 0.718. The van der Waals surface area contributed by atoms with Crippen molar-refractivity contribution in [2.45, 2.75) is 56.7 Å². The number of benzene rings is 2. The van der Waals surface area contributed by atoms with Crippen molar-refractivity contribution in [2.75, 3.05) is 20.8 Å². The van der Waals surface area contributed by atoms with Crippen molar-refractivity contribution in [1.29, 1.82) is 0 Å². The SMILES string of the molecule is COC(=O)CC1COc2cc(O[C@@H]3CCc4c3cccc4C(F)(F)C(C)(C)OC)ccc21. The zero-order valence-electron chi connectivity index (χ0n) is 18.7. The van der Waals surface area contributed by atoms with Crippen LogP contribution in [-0.2, 0) is 26.6 Å². The van der Waals surface area contributed by atoms with Crippen molar-refractivity contribution in [2.24, 2.45) is 0 Å². The van der Waals surface area contributed by atoms with Gasteiger partial charge in [-0.25, -0.2) is 0 Å². The molecule has 1 heterocycles. The third-order valence-corrected chi connectivity index (χ3v) is 6.60.